The molecule has 0 saturated carbocycles. The van der Waals surface area contributed by atoms with Gasteiger partial charge in [0.2, 0.25) is 5.91 Å². The van der Waals surface area contributed by atoms with Crippen molar-refractivity contribution in [3.8, 4) is 17.1 Å². The summed E-state index contributed by atoms with van der Waals surface area (Å²) in [5.41, 5.74) is 3.04. The molecule has 3 aromatic rings. The summed E-state index contributed by atoms with van der Waals surface area (Å²) in [6.45, 7) is 3.68. The Morgan fingerprint density at radius 1 is 1.32 bits per heavy atom. The van der Waals surface area contributed by atoms with Gasteiger partial charge in [0.15, 0.2) is 5.13 Å². The van der Waals surface area contributed by atoms with E-state index in [0.717, 1.165) is 22.1 Å². The zero-order valence-corrected chi connectivity index (χ0v) is 16.0. The van der Waals surface area contributed by atoms with Crippen molar-refractivity contribution in [1.29, 1.82) is 0 Å². The Hall–Kier alpha value is -2.12. The van der Waals surface area contributed by atoms with Crippen molar-refractivity contribution < 1.29 is 9.53 Å². The monoisotopic (exact) mass is 373 g/mol. The molecule has 1 amide bonds. The van der Waals surface area contributed by atoms with E-state index in [2.05, 4.69) is 10.3 Å². The van der Waals surface area contributed by atoms with Gasteiger partial charge in [-0.2, -0.15) is 0 Å². The molecule has 25 heavy (non-hydrogen) atoms. The topological polar surface area (TPSA) is 64.1 Å². The number of fused-ring (bicyclic) bond motifs is 1. The minimum absolute atomic E-state index is 0.0639. The van der Waals surface area contributed by atoms with Gasteiger partial charge >= 0.3 is 0 Å². The second-order valence-corrected chi connectivity index (χ2v) is 7.23. The molecule has 0 fully saturated rings. The van der Waals surface area contributed by atoms with E-state index in [-0.39, 0.29) is 11.8 Å². The highest BCUT2D eigenvalue weighted by molar-refractivity contribution is 7.14. The summed E-state index contributed by atoms with van der Waals surface area (Å²) in [6.07, 6.45) is 0. The van der Waals surface area contributed by atoms with Gasteiger partial charge in [0.1, 0.15) is 19.3 Å². The molecular formula is C17H17BClN3O2S. The van der Waals surface area contributed by atoms with Crippen molar-refractivity contribution in [2.45, 2.75) is 13.8 Å². The fourth-order valence-electron chi connectivity index (χ4n) is 2.42. The second-order valence-electron chi connectivity index (χ2n) is 5.96. The molecule has 1 aromatic carbocycles. The molecular weight excluding hydrogens is 357 g/mol. The van der Waals surface area contributed by atoms with Crippen LogP contribution < -0.4 is 15.5 Å². The number of pyridine rings is 1. The smallest absolute Gasteiger partial charge is 0.228 e. The summed E-state index contributed by atoms with van der Waals surface area (Å²) < 4.78 is 5.36. The molecule has 128 valence electrons. The van der Waals surface area contributed by atoms with Crippen molar-refractivity contribution in [3.63, 3.8) is 0 Å². The van der Waals surface area contributed by atoms with Gasteiger partial charge in [-0.3, -0.25) is 4.79 Å². The van der Waals surface area contributed by atoms with Crippen LogP contribution in [0, 0.1) is 5.92 Å². The summed E-state index contributed by atoms with van der Waals surface area (Å²) in [7, 11) is 3.58. The minimum Gasteiger partial charge on any atom is -0.497 e. The molecule has 2 heterocycles. The van der Waals surface area contributed by atoms with Crippen LogP contribution in [0.5, 0.6) is 5.75 Å². The number of anilines is 1. The van der Waals surface area contributed by atoms with E-state index in [1.165, 1.54) is 11.3 Å². The lowest BCUT2D eigenvalue weighted by Gasteiger charge is -2.10. The number of amides is 1. The summed E-state index contributed by atoms with van der Waals surface area (Å²) in [4.78, 5) is 21.0. The Morgan fingerprint density at radius 3 is 2.76 bits per heavy atom. The molecule has 0 bridgehead atoms. The van der Waals surface area contributed by atoms with E-state index in [0.29, 0.717) is 21.5 Å². The highest BCUT2D eigenvalue weighted by Gasteiger charge is 2.14. The van der Waals surface area contributed by atoms with Gasteiger partial charge in [-0.15, -0.1) is 11.3 Å². The van der Waals surface area contributed by atoms with Gasteiger partial charge in [0.05, 0.1) is 23.3 Å². The predicted molar refractivity (Wildman–Crippen MR) is 106 cm³/mol. The van der Waals surface area contributed by atoms with E-state index < -0.39 is 0 Å². The maximum absolute atomic E-state index is 11.8. The predicted octanol–water partition coefficient (Wildman–Crippen LogP) is 2.87. The number of ether oxygens (including phenoxy) is 1. The zero-order valence-electron chi connectivity index (χ0n) is 14.4. The van der Waals surface area contributed by atoms with Crippen molar-refractivity contribution in [2.75, 3.05) is 12.4 Å². The highest BCUT2D eigenvalue weighted by atomic mass is 35.5. The lowest BCUT2D eigenvalue weighted by atomic mass is 9.91. The van der Waals surface area contributed by atoms with Crippen LogP contribution in [0.25, 0.3) is 22.3 Å². The lowest BCUT2D eigenvalue weighted by molar-refractivity contribution is -0.118. The Morgan fingerprint density at radius 2 is 2.08 bits per heavy atom. The first-order valence-corrected chi connectivity index (χ1v) is 9.07. The number of benzene rings is 1. The van der Waals surface area contributed by atoms with Crippen LogP contribution in [0.4, 0.5) is 5.13 Å². The first-order valence-electron chi connectivity index (χ1n) is 7.81. The van der Waals surface area contributed by atoms with Gasteiger partial charge in [-0.1, -0.05) is 25.4 Å². The molecule has 0 aliphatic heterocycles. The van der Waals surface area contributed by atoms with Crippen LogP contribution >= 0.6 is 22.9 Å². The van der Waals surface area contributed by atoms with E-state index in [9.17, 15) is 4.79 Å². The fraction of sp³-hybridized carbons (Fsp3) is 0.235. The Bertz CT molecular complexity index is 958. The SMILES string of the molecule is Bc1c(OC)ccc2c(Cl)cc(-c3csc(NC(=O)C(C)C)n3)nc12. The van der Waals surface area contributed by atoms with E-state index in [1.54, 1.807) is 13.2 Å². The number of carbonyl (C=O) groups excluding carboxylic acids is 1. The highest BCUT2D eigenvalue weighted by Crippen LogP contribution is 2.30. The van der Waals surface area contributed by atoms with E-state index in [4.69, 9.17) is 21.3 Å². The third-order valence-electron chi connectivity index (χ3n) is 3.88. The number of rotatable bonds is 4. The number of thiazole rings is 1. The zero-order chi connectivity index (χ0) is 18.1. The van der Waals surface area contributed by atoms with Crippen LogP contribution in [0.2, 0.25) is 5.02 Å². The number of hydrogen-bond donors (Lipinski definition) is 1. The lowest BCUT2D eigenvalue weighted by Crippen LogP contribution is -2.17. The van der Waals surface area contributed by atoms with Crippen molar-refractivity contribution in [1.82, 2.24) is 9.97 Å². The van der Waals surface area contributed by atoms with Crippen molar-refractivity contribution in [3.05, 3.63) is 28.6 Å². The number of aromatic nitrogens is 2. The van der Waals surface area contributed by atoms with Crippen LogP contribution in [0.15, 0.2) is 23.6 Å². The molecule has 1 N–H and O–H groups in total. The van der Waals surface area contributed by atoms with Crippen LogP contribution in [0.3, 0.4) is 0 Å². The van der Waals surface area contributed by atoms with Gasteiger partial charge in [-0.25, -0.2) is 9.97 Å². The first-order chi connectivity index (χ1) is 11.9. The number of methoxy groups -OCH3 is 1. The van der Waals surface area contributed by atoms with E-state index in [1.807, 2.05) is 39.2 Å². The Labute approximate surface area is 155 Å². The molecule has 0 spiro atoms. The molecule has 0 radical (unpaired) electrons. The second kappa shape index (κ2) is 7.02. The normalized spacial score (nSPS) is 11.1. The number of nitrogens with zero attached hydrogens (tertiary/aromatic N) is 2. The van der Waals surface area contributed by atoms with Crippen molar-refractivity contribution in [2.24, 2.45) is 5.92 Å². The Kier molecular flexibility index (Phi) is 4.97. The van der Waals surface area contributed by atoms with Crippen molar-refractivity contribution >= 4 is 58.2 Å². The Balaban J connectivity index is 2.03. The summed E-state index contributed by atoms with van der Waals surface area (Å²) in [6, 6.07) is 5.57. The minimum atomic E-state index is -0.101. The number of halogens is 1. The third-order valence-corrected chi connectivity index (χ3v) is 4.95. The first kappa shape index (κ1) is 17.7. The number of carbonyl (C=O) groups is 1. The molecule has 0 unspecified atom stereocenters. The summed E-state index contributed by atoms with van der Waals surface area (Å²) >= 11 is 7.80. The molecule has 0 saturated heterocycles. The molecule has 5 nitrogen and oxygen atoms in total. The largest absolute Gasteiger partial charge is 0.497 e. The summed E-state index contributed by atoms with van der Waals surface area (Å²) in [5.74, 6) is 0.595. The number of nitrogens with one attached hydrogen (secondary N) is 1. The summed E-state index contributed by atoms with van der Waals surface area (Å²) in [5, 5.41) is 6.68. The van der Waals surface area contributed by atoms with E-state index >= 15 is 0 Å². The standard InChI is InChI=1S/C17H17BClN3O2S/c1-8(2)16(23)22-17-21-12(7-25-17)11-6-10(19)9-4-5-13(24-3)14(18)15(9)20-11/h4-8H,18H2,1-3H3,(H,21,22,23). The maximum Gasteiger partial charge on any atom is 0.228 e. The molecule has 0 aliphatic carbocycles. The third kappa shape index (κ3) is 3.48. The molecule has 0 aliphatic rings. The average molecular weight is 374 g/mol. The van der Waals surface area contributed by atoms with Gasteiger partial charge in [-0.05, 0) is 23.7 Å². The van der Waals surface area contributed by atoms with Crippen LogP contribution in [-0.4, -0.2) is 30.8 Å². The maximum atomic E-state index is 11.8. The van der Waals surface area contributed by atoms with Gasteiger partial charge in [0.25, 0.3) is 0 Å². The van der Waals surface area contributed by atoms with Gasteiger partial charge in [0, 0.05) is 16.7 Å². The molecule has 3 rings (SSSR count). The van der Waals surface area contributed by atoms with Crippen LogP contribution in [0.1, 0.15) is 13.8 Å². The van der Waals surface area contributed by atoms with Crippen LogP contribution in [-0.2, 0) is 4.79 Å². The van der Waals surface area contributed by atoms with Gasteiger partial charge < -0.3 is 10.1 Å². The quantitative estimate of drug-likeness (QED) is 0.714. The average Bonchev–Trinajstić information content (AvgIpc) is 3.04. The molecule has 2 aromatic heterocycles. The molecule has 8 heteroatoms. The molecule has 0 atom stereocenters. The fourth-order valence-corrected chi connectivity index (χ4v) is 3.38. The number of hydrogen-bond acceptors (Lipinski definition) is 5.